The van der Waals surface area contributed by atoms with E-state index in [4.69, 9.17) is 4.74 Å². The predicted octanol–water partition coefficient (Wildman–Crippen LogP) is 1.80. The van der Waals surface area contributed by atoms with E-state index in [1.165, 1.54) is 0 Å². The van der Waals surface area contributed by atoms with Crippen LogP contribution in [0.5, 0.6) is 0 Å². The molecular formula is C11H18BrNO2. The molecule has 3 unspecified atom stereocenters. The van der Waals surface area contributed by atoms with E-state index >= 15 is 0 Å². The van der Waals surface area contributed by atoms with Gasteiger partial charge in [-0.1, -0.05) is 15.9 Å². The molecule has 86 valence electrons. The lowest BCUT2D eigenvalue weighted by Crippen LogP contribution is -2.37. The molecule has 0 aromatic heterocycles. The van der Waals surface area contributed by atoms with Crippen molar-refractivity contribution in [1.82, 2.24) is 4.90 Å². The largest absolute Gasteiger partial charge is 0.365 e. The molecule has 0 bridgehead atoms. The molecule has 4 heteroatoms. The van der Waals surface area contributed by atoms with Gasteiger partial charge in [0, 0.05) is 18.4 Å². The molecule has 0 radical (unpaired) electrons. The third kappa shape index (κ3) is 2.53. The van der Waals surface area contributed by atoms with Gasteiger partial charge in [-0.25, -0.2) is 0 Å². The second-order valence-corrected chi connectivity index (χ2v) is 5.25. The Hall–Kier alpha value is -0.0900. The summed E-state index contributed by atoms with van der Waals surface area (Å²) < 4.78 is 5.60. The maximum atomic E-state index is 12.0. The van der Waals surface area contributed by atoms with Crippen molar-refractivity contribution in [3.8, 4) is 0 Å². The summed E-state index contributed by atoms with van der Waals surface area (Å²) in [7, 11) is 0. The summed E-state index contributed by atoms with van der Waals surface area (Å²) in [6.07, 6.45) is 3.14. The Balaban J connectivity index is 1.86. The SMILES string of the molecule is CC1CCC(C(=O)N2CCC(CBr)C2)O1. The number of carbonyl (C=O) groups excluding carboxylic acids is 1. The van der Waals surface area contributed by atoms with Crippen LogP contribution in [0, 0.1) is 5.92 Å². The molecule has 2 fully saturated rings. The Labute approximate surface area is 99.3 Å². The van der Waals surface area contributed by atoms with Crippen LogP contribution in [0.1, 0.15) is 26.2 Å². The minimum atomic E-state index is -0.158. The summed E-state index contributed by atoms with van der Waals surface area (Å²) in [6, 6.07) is 0. The van der Waals surface area contributed by atoms with Crippen molar-refractivity contribution in [3.05, 3.63) is 0 Å². The first kappa shape index (κ1) is 11.4. The quantitative estimate of drug-likeness (QED) is 0.720. The molecule has 0 aromatic carbocycles. The van der Waals surface area contributed by atoms with Crippen molar-refractivity contribution in [2.75, 3.05) is 18.4 Å². The van der Waals surface area contributed by atoms with Gasteiger partial charge in [0.05, 0.1) is 6.10 Å². The highest BCUT2D eigenvalue weighted by atomic mass is 79.9. The first-order valence-corrected chi connectivity index (χ1v) is 6.83. The molecule has 2 heterocycles. The summed E-state index contributed by atoms with van der Waals surface area (Å²) in [5.74, 6) is 0.843. The van der Waals surface area contributed by atoms with E-state index in [-0.39, 0.29) is 18.1 Å². The number of likely N-dealkylation sites (tertiary alicyclic amines) is 1. The number of carbonyl (C=O) groups is 1. The lowest BCUT2D eigenvalue weighted by atomic mass is 10.2. The number of halogens is 1. The monoisotopic (exact) mass is 275 g/mol. The van der Waals surface area contributed by atoms with Gasteiger partial charge >= 0.3 is 0 Å². The highest BCUT2D eigenvalue weighted by molar-refractivity contribution is 9.09. The Bertz CT molecular complexity index is 247. The number of ether oxygens (including phenoxy) is 1. The smallest absolute Gasteiger partial charge is 0.251 e. The zero-order valence-electron chi connectivity index (χ0n) is 9.12. The van der Waals surface area contributed by atoms with E-state index in [1.807, 2.05) is 11.8 Å². The Morgan fingerprint density at radius 2 is 2.27 bits per heavy atom. The number of rotatable bonds is 2. The minimum Gasteiger partial charge on any atom is -0.365 e. The average Bonchev–Trinajstić information content (AvgIpc) is 2.84. The number of amides is 1. The Kier molecular flexibility index (Phi) is 3.67. The number of alkyl halides is 1. The first-order chi connectivity index (χ1) is 7.20. The van der Waals surface area contributed by atoms with Crippen LogP contribution in [0.15, 0.2) is 0 Å². The van der Waals surface area contributed by atoms with Gasteiger partial charge in [-0.2, -0.15) is 0 Å². The molecule has 2 aliphatic rings. The van der Waals surface area contributed by atoms with Crippen molar-refractivity contribution < 1.29 is 9.53 Å². The molecule has 3 nitrogen and oxygen atoms in total. The second kappa shape index (κ2) is 4.83. The lowest BCUT2D eigenvalue weighted by Gasteiger charge is -2.20. The number of hydrogen-bond acceptors (Lipinski definition) is 2. The zero-order valence-corrected chi connectivity index (χ0v) is 10.7. The maximum Gasteiger partial charge on any atom is 0.251 e. The van der Waals surface area contributed by atoms with E-state index in [0.29, 0.717) is 5.92 Å². The van der Waals surface area contributed by atoms with Gasteiger partial charge in [-0.05, 0) is 32.1 Å². The number of hydrogen-bond donors (Lipinski definition) is 0. The Morgan fingerprint density at radius 1 is 1.47 bits per heavy atom. The van der Waals surface area contributed by atoms with Gasteiger partial charge in [-0.15, -0.1) is 0 Å². The van der Waals surface area contributed by atoms with Crippen LogP contribution < -0.4 is 0 Å². The molecule has 3 atom stereocenters. The van der Waals surface area contributed by atoms with Crippen molar-refractivity contribution in [2.24, 2.45) is 5.92 Å². The zero-order chi connectivity index (χ0) is 10.8. The van der Waals surface area contributed by atoms with Gasteiger partial charge < -0.3 is 9.64 Å². The molecule has 0 saturated carbocycles. The first-order valence-electron chi connectivity index (χ1n) is 5.71. The lowest BCUT2D eigenvalue weighted by molar-refractivity contribution is -0.141. The van der Waals surface area contributed by atoms with Crippen molar-refractivity contribution in [2.45, 2.75) is 38.4 Å². The summed E-state index contributed by atoms with van der Waals surface area (Å²) in [5, 5.41) is 0.999. The van der Waals surface area contributed by atoms with Crippen molar-refractivity contribution in [3.63, 3.8) is 0 Å². The molecular weight excluding hydrogens is 258 g/mol. The van der Waals surface area contributed by atoms with Crippen LogP contribution in [0.2, 0.25) is 0 Å². The fourth-order valence-electron chi connectivity index (χ4n) is 2.35. The maximum absolute atomic E-state index is 12.0. The van der Waals surface area contributed by atoms with Crippen LogP contribution in [0.25, 0.3) is 0 Å². The second-order valence-electron chi connectivity index (χ2n) is 4.61. The van der Waals surface area contributed by atoms with E-state index in [1.54, 1.807) is 0 Å². The van der Waals surface area contributed by atoms with Crippen LogP contribution >= 0.6 is 15.9 Å². The Morgan fingerprint density at radius 3 is 2.80 bits per heavy atom. The highest BCUT2D eigenvalue weighted by Gasteiger charge is 2.34. The topological polar surface area (TPSA) is 29.5 Å². The summed E-state index contributed by atoms with van der Waals surface area (Å²) in [5.41, 5.74) is 0. The van der Waals surface area contributed by atoms with Crippen molar-refractivity contribution in [1.29, 1.82) is 0 Å². The molecule has 2 rings (SSSR count). The molecule has 0 aliphatic carbocycles. The fraction of sp³-hybridized carbons (Fsp3) is 0.909. The predicted molar refractivity (Wildman–Crippen MR) is 62.1 cm³/mol. The summed E-state index contributed by atoms with van der Waals surface area (Å²) in [6.45, 7) is 3.85. The van der Waals surface area contributed by atoms with Crippen LogP contribution in [0.3, 0.4) is 0 Å². The van der Waals surface area contributed by atoms with Gasteiger partial charge in [0.1, 0.15) is 6.10 Å². The van der Waals surface area contributed by atoms with E-state index < -0.39 is 0 Å². The third-order valence-electron chi connectivity index (χ3n) is 3.32. The van der Waals surface area contributed by atoms with Gasteiger partial charge in [0.15, 0.2) is 0 Å². The van der Waals surface area contributed by atoms with Gasteiger partial charge in [0.2, 0.25) is 0 Å². The molecule has 0 aromatic rings. The van der Waals surface area contributed by atoms with E-state index in [2.05, 4.69) is 15.9 Å². The molecule has 1 amide bonds. The van der Waals surface area contributed by atoms with Crippen LogP contribution in [-0.2, 0) is 9.53 Å². The van der Waals surface area contributed by atoms with E-state index in [0.717, 1.165) is 37.7 Å². The average molecular weight is 276 g/mol. The molecule has 0 N–H and O–H groups in total. The van der Waals surface area contributed by atoms with E-state index in [9.17, 15) is 4.79 Å². The standard InChI is InChI=1S/C11H18BrNO2/c1-8-2-3-10(15-8)11(14)13-5-4-9(6-12)7-13/h8-10H,2-7H2,1H3. The van der Waals surface area contributed by atoms with Crippen LogP contribution in [0.4, 0.5) is 0 Å². The normalized spacial score (nSPS) is 36.1. The molecule has 15 heavy (non-hydrogen) atoms. The molecule has 0 spiro atoms. The van der Waals surface area contributed by atoms with Crippen LogP contribution in [-0.4, -0.2) is 41.4 Å². The summed E-state index contributed by atoms with van der Waals surface area (Å²) in [4.78, 5) is 14.0. The molecule has 2 saturated heterocycles. The molecule has 2 aliphatic heterocycles. The fourth-order valence-corrected chi connectivity index (χ4v) is 2.88. The van der Waals surface area contributed by atoms with Crippen molar-refractivity contribution >= 4 is 21.8 Å². The third-order valence-corrected chi connectivity index (χ3v) is 4.24. The van der Waals surface area contributed by atoms with Gasteiger partial charge in [0.25, 0.3) is 5.91 Å². The minimum absolute atomic E-state index is 0.158. The number of nitrogens with zero attached hydrogens (tertiary/aromatic N) is 1. The van der Waals surface area contributed by atoms with Gasteiger partial charge in [-0.3, -0.25) is 4.79 Å². The highest BCUT2D eigenvalue weighted by Crippen LogP contribution is 2.24. The summed E-state index contributed by atoms with van der Waals surface area (Å²) >= 11 is 3.48.